The van der Waals surface area contributed by atoms with Crippen LogP contribution in [0.5, 0.6) is 0 Å². The van der Waals surface area contributed by atoms with E-state index in [9.17, 15) is 4.79 Å². The summed E-state index contributed by atoms with van der Waals surface area (Å²) in [6.07, 6.45) is 1.64. The second kappa shape index (κ2) is 2.62. The molecule has 68 valence electrons. The second-order valence-corrected chi connectivity index (χ2v) is 3.57. The lowest BCUT2D eigenvalue weighted by molar-refractivity contribution is 0.118. The smallest absolute Gasteiger partial charge is 0.407 e. The first-order chi connectivity index (χ1) is 5.68. The van der Waals surface area contributed by atoms with Crippen LogP contribution in [-0.4, -0.2) is 40.9 Å². The van der Waals surface area contributed by atoms with Crippen molar-refractivity contribution in [2.75, 3.05) is 6.54 Å². The lowest BCUT2D eigenvalue weighted by atomic mass is 10.1. The molecule has 2 saturated heterocycles. The van der Waals surface area contributed by atoms with Crippen molar-refractivity contribution in [3.63, 3.8) is 0 Å². The topological polar surface area (TPSA) is 53.1 Å². The molecule has 2 fully saturated rings. The van der Waals surface area contributed by atoms with Gasteiger partial charge in [-0.2, -0.15) is 0 Å². The van der Waals surface area contributed by atoms with E-state index in [1.807, 2.05) is 6.92 Å². The Morgan fingerprint density at radius 1 is 1.50 bits per heavy atom. The molecule has 2 heterocycles. The highest BCUT2D eigenvalue weighted by Gasteiger charge is 2.44. The van der Waals surface area contributed by atoms with Gasteiger partial charge in [-0.3, -0.25) is 0 Å². The van der Waals surface area contributed by atoms with E-state index in [1.165, 1.54) is 4.90 Å². The molecule has 4 nitrogen and oxygen atoms in total. The summed E-state index contributed by atoms with van der Waals surface area (Å²) < 4.78 is 5.28. The van der Waals surface area contributed by atoms with Crippen LogP contribution in [0.25, 0.3) is 0 Å². The number of hydrogen-bond donors (Lipinski definition) is 1. The molecule has 0 aromatic heterocycles. The predicted octanol–water partition coefficient (Wildman–Crippen LogP) is 0.916. The maximum Gasteiger partial charge on any atom is 0.407 e. The van der Waals surface area contributed by atoms with Gasteiger partial charge < -0.3 is 14.7 Å². The zero-order chi connectivity index (χ0) is 8.72. The van der Waals surface area contributed by atoms with Crippen LogP contribution in [0.3, 0.4) is 0 Å². The number of carbonyl (C=O) groups is 1. The largest absolute Gasteiger partial charge is 0.465 e. The van der Waals surface area contributed by atoms with Crippen LogP contribution in [0.2, 0.25) is 0 Å². The number of nitrogens with zero attached hydrogens (tertiary/aromatic N) is 1. The maximum absolute atomic E-state index is 10.8. The fourth-order valence-electron chi connectivity index (χ4n) is 1.80. The SMILES string of the molecule is CC1CCC2OC2CN1C(=O)O. The van der Waals surface area contributed by atoms with Gasteiger partial charge in [-0.25, -0.2) is 4.79 Å². The molecule has 3 atom stereocenters. The van der Waals surface area contributed by atoms with Crippen molar-refractivity contribution < 1.29 is 14.6 Å². The Labute approximate surface area is 71.1 Å². The number of ether oxygens (including phenoxy) is 1. The number of carboxylic acid groups (broad SMARTS) is 1. The first-order valence-corrected chi connectivity index (χ1v) is 4.33. The van der Waals surface area contributed by atoms with E-state index >= 15 is 0 Å². The Balaban J connectivity index is 2.03. The summed E-state index contributed by atoms with van der Waals surface area (Å²) in [4.78, 5) is 12.2. The van der Waals surface area contributed by atoms with Crippen molar-refractivity contribution in [1.29, 1.82) is 0 Å². The Morgan fingerprint density at radius 3 is 2.92 bits per heavy atom. The van der Waals surface area contributed by atoms with Crippen LogP contribution in [-0.2, 0) is 4.74 Å². The zero-order valence-electron chi connectivity index (χ0n) is 7.06. The van der Waals surface area contributed by atoms with Gasteiger partial charge in [0, 0.05) is 6.04 Å². The third-order valence-corrected chi connectivity index (χ3v) is 2.71. The summed E-state index contributed by atoms with van der Waals surface area (Å²) in [6.45, 7) is 2.51. The quantitative estimate of drug-likeness (QED) is 0.551. The van der Waals surface area contributed by atoms with Crippen molar-refractivity contribution in [2.24, 2.45) is 0 Å². The summed E-state index contributed by atoms with van der Waals surface area (Å²) in [5.41, 5.74) is 0. The van der Waals surface area contributed by atoms with Crippen molar-refractivity contribution in [2.45, 2.75) is 38.0 Å². The minimum atomic E-state index is -0.821. The first kappa shape index (κ1) is 7.86. The average Bonchev–Trinajstić information content (AvgIpc) is 2.72. The first-order valence-electron chi connectivity index (χ1n) is 4.33. The summed E-state index contributed by atoms with van der Waals surface area (Å²) in [5, 5.41) is 8.84. The number of fused-ring (bicyclic) bond motifs is 1. The molecule has 0 aromatic carbocycles. The van der Waals surface area contributed by atoms with Gasteiger partial charge in [0.25, 0.3) is 0 Å². The van der Waals surface area contributed by atoms with E-state index in [4.69, 9.17) is 9.84 Å². The lowest BCUT2D eigenvalue weighted by Gasteiger charge is -2.23. The third kappa shape index (κ3) is 1.27. The van der Waals surface area contributed by atoms with Gasteiger partial charge >= 0.3 is 6.09 Å². The fourth-order valence-corrected chi connectivity index (χ4v) is 1.80. The average molecular weight is 171 g/mol. The van der Waals surface area contributed by atoms with Crippen molar-refractivity contribution in [1.82, 2.24) is 4.90 Å². The molecule has 12 heavy (non-hydrogen) atoms. The number of rotatable bonds is 0. The molecule has 1 amide bonds. The van der Waals surface area contributed by atoms with Crippen LogP contribution in [0.15, 0.2) is 0 Å². The monoisotopic (exact) mass is 171 g/mol. The molecule has 3 unspecified atom stereocenters. The third-order valence-electron chi connectivity index (χ3n) is 2.71. The van der Waals surface area contributed by atoms with Gasteiger partial charge in [0.15, 0.2) is 0 Å². The van der Waals surface area contributed by atoms with Crippen LogP contribution < -0.4 is 0 Å². The Bertz CT molecular complexity index is 206. The molecule has 2 rings (SSSR count). The van der Waals surface area contributed by atoms with Gasteiger partial charge in [0.1, 0.15) is 6.10 Å². The molecule has 1 N–H and O–H groups in total. The summed E-state index contributed by atoms with van der Waals surface area (Å²) >= 11 is 0. The van der Waals surface area contributed by atoms with Crippen LogP contribution >= 0.6 is 0 Å². The van der Waals surface area contributed by atoms with Gasteiger partial charge in [0.2, 0.25) is 0 Å². The fraction of sp³-hybridized carbons (Fsp3) is 0.875. The highest BCUT2D eigenvalue weighted by atomic mass is 16.6. The van der Waals surface area contributed by atoms with Crippen LogP contribution in [0, 0.1) is 0 Å². The minimum absolute atomic E-state index is 0.152. The number of likely N-dealkylation sites (tertiary alicyclic amines) is 1. The van der Waals surface area contributed by atoms with Crippen molar-refractivity contribution in [3.05, 3.63) is 0 Å². The Kier molecular flexibility index (Phi) is 1.72. The molecule has 4 heteroatoms. The Morgan fingerprint density at radius 2 is 2.25 bits per heavy atom. The molecule has 0 radical (unpaired) electrons. The van der Waals surface area contributed by atoms with E-state index < -0.39 is 6.09 Å². The van der Waals surface area contributed by atoms with Gasteiger partial charge in [-0.1, -0.05) is 0 Å². The summed E-state index contributed by atoms with van der Waals surface area (Å²) in [6, 6.07) is 0.152. The van der Waals surface area contributed by atoms with Crippen molar-refractivity contribution >= 4 is 6.09 Å². The van der Waals surface area contributed by atoms with E-state index in [0.717, 1.165) is 12.8 Å². The van der Waals surface area contributed by atoms with Crippen LogP contribution in [0.1, 0.15) is 19.8 Å². The summed E-state index contributed by atoms with van der Waals surface area (Å²) in [7, 11) is 0. The van der Waals surface area contributed by atoms with Gasteiger partial charge in [0.05, 0.1) is 12.6 Å². The number of amides is 1. The minimum Gasteiger partial charge on any atom is -0.465 e. The standard InChI is InChI=1S/C8H13NO3/c1-5-2-3-6-7(12-6)4-9(5)8(10)11/h5-7H,2-4H2,1H3,(H,10,11). The zero-order valence-corrected chi connectivity index (χ0v) is 7.06. The molecule has 2 aliphatic heterocycles. The molecule has 0 saturated carbocycles. The number of hydrogen-bond acceptors (Lipinski definition) is 2. The highest BCUT2D eigenvalue weighted by Crippen LogP contribution is 2.32. The van der Waals surface area contributed by atoms with E-state index in [-0.39, 0.29) is 12.1 Å². The maximum atomic E-state index is 10.8. The molecule has 0 aromatic rings. The van der Waals surface area contributed by atoms with Crippen LogP contribution in [0.4, 0.5) is 4.79 Å². The molecule has 0 spiro atoms. The second-order valence-electron chi connectivity index (χ2n) is 3.57. The molecule has 0 bridgehead atoms. The molecule has 2 aliphatic rings. The molecule has 0 aliphatic carbocycles. The van der Waals surface area contributed by atoms with Crippen molar-refractivity contribution in [3.8, 4) is 0 Å². The normalized spacial score (nSPS) is 40.1. The van der Waals surface area contributed by atoms with Gasteiger partial charge in [-0.15, -0.1) is 0 Å². The summed E-state index contributed by atoms with van der Waals surface area (Å²) in [5.74, 6) is 0. The highest BCUT2D eigenvalue weighted by molar-refractivity contribution is 5.65. The van der Waals surface area contributed by atoms with E-state index in [1.54, 1.807) is 0 Å². The van der Waals surface area contributed by atoms with E-state index in [0.29, 0.717) is 12.6 Å². The lowest BCUT2D eigenvalue weighted by Crippen LogP contribution is -2.39. The Hall–Kier alpha value is -0.770. The predicted molar refractivity (Wildman–Crippen MR) is 42.1 cm³/mol. The molecular weight excluding hydrogens is 158 g/mol. The van der Waals surface area contributed by atoms with E-state index in [2.05, 4.69) is 0 Å². The molecular formula is C8H13NO3. The number of epoxide rings is 1. The van der Waals surface area contributed by atoms with Gasteiger partial charge in [-0.05, 0) is 19.8 Å².